The smallest absolute Gasteiger partial charge is 0.168 e. The summed E-state index contributed by atoms with van der Waals surface area (Å²) in [6.45, 7) is 2.25. The Morgan fingerprint density at radius 2 is 0.955 bits per heavy atom. The molecule has 0 unspecified atom stereocenters. The SMILES string of the molecule is [O-][Cl+](O)(O)O.c1cc[n+](CCCCC[n+]2ccccc2)cc1. The predicted molar refractivity (Wildman–Crippen MR) is 73.8 cm³/mol. The van der Waals surface area contributed by atoms with Crippen LogP contribution in [-0.4, -0.2) is 14.0 Å². The largest absolute Gasteiger partial charge is 0.205 e. The van der Waals surface area contributed by atoms with Crippen molar-refractivity contribution in [2.45, 2.75) is 32.4 Å². The number of unbranched alkanes of at least 4 members (excludes halogenated alkanes) is 2. The van der Waals surface area contributed by atoms with E-state index in [1.807, 2.05) is 0 Å². The molecule has 2 rings (SSSR count). The van der Waals surface area contributed by atoms with E-state index in [2.05, 4.69) is 70.3 Å². The summed E-state index contributed by atoms with van der Waals surface area (Å²) < 4.78 is 34.7. The van der Waals surface area contributed by atoms with Gasteiger partial charge in [0.25, 0.3) is 0 Å². The average molecular weight is 331 g/mol. The normalized spacial score (nSPS) is 11.5. The Morgan fingerprint density at radius 1 is 0.636 bits per heavy atom. The van der Waals surface area contributed by atoms with E-state index in [9.17, 15) is 0 Å². The van der Waals surface area contributed by atoms with E-state index in [1.54, 1.807) is 0 Å². The van der Waals surface area contributed by atoms with Crippen molar-refractivity contribution in [3.8, 4) is 0 Å². The van der Waals surface area contributed by atoms with Crippen molar-refractivity contribution >= 4 is 0 Å². The van der Waals surface area contributed by atoms with Crippen molar-refractivity contribution in [1.29, 1.82) is 0 Å². The van der Waals surface area contributed by atoms with E-state index in [0.29, 0.717) is 0 Å². The maximum absolute atomic E-state index is 8.83. The van der Waals surface area contributed by atoms with Crippen molar-refractivity contribution in [2.24, 2.45) is 0 Å². The number of aromatic nitrogens is 2. The third-order valence-electron chi connectivity index (χ3n) is 2.89. The molecular formula is C15H23ClN2O4+2. The summed E-state index contributed by atoms with van der Waals surface area (Å²) in [5.74, 6) is 0. The monoisotopic (exact) mass is 330 g/mol. The first-order valence-electron chi connectivity index (χ1n) is 6.99. The van der Waals surface area contributed by atoms with Crippen LogP contribution < -0.4 is 13.8 Å². The van der Waals surface area contributed by atoms with Crippen LogP contribution in [0.1, 0.15) is 19.3 Å². The quantitative estimate of drug-likeness (QED) is 0.481. The Bertz CT molecular complexity index is 458. The topological polar surface area (TPSA) is 91.5 Å². The first-order valence-corrected chi connectivity index (χ1v) is 8.32. The summed E-state index contributed by atoms with van der Waals surface area (Å²) >= 11 is 0. The minimum absolute atomic E-state index is 1.13. The van der Waals surface area contributed by atoms with Gasteiger partial charge < -0.3 is 0 Å². The second-order valence-corrected chi connectivity index (χ2v) is 5.59. The molecule has 0 radical (unpaired) electrons. The molecule has 7 heteroatoms. The maximum atomic E-state index is 8.83. The van der Waals surface area contributed by atoms with Gasteiger partial charge >= 0.3 is 28.9 Å². The van der Waals surface area contributed by atoms with Gasteiger partial charge in [0.15, 0.2) is 24.8 Å². The van der Waals surface area contributed by atoms with Crippen molar-refractivity contribution in [3.05, 3.63) is 61.2 Å². The van der Waals surface area contributed by atoms with Crippen LogP contribution in [0.2, 0.25) is 0 Å². The van der Waals surface area contributed by atoms with Gasteiger partial charge in [0, 0.05) is 37.1 Å². The minimum atomic E-state index is -4.19. The van der Waals surface area contributed by atoms with Gasteiger partial charge in [0.1, 0.15) is 13.1 Å². The third-order valence-corrected chi connectivity index (χ3v) is 2.89. The zero-order valence-corrected chi connectivity index (χ0v) is 13.1. The van der Waals surface area contributed by atoms with Crippen molar-refractivity contribution in [1.82, 2.24) is 0 Å². The number of rotatable bonds is 6. The van der Waals surface area contributed by atoms with Gasteiger partial charge in [-0.2, -0.15) is 0 Å². The second-order valence-electron chi connectivity index (χ2n) is 4.72. The van der Waals surface area contributed by atoms with Crippen LogP contribution in [0.4, 0.5) is 0 Å². The molecule has 3 N–H and O–H groups in total. The number of nitrogens with zero attached hydrogens (tertiary/aromatic N) is 2. The summed E-state index contributed by atoms with van der Waals surface area (Å²) in [7, 11) is -4.19. The summed E-state index contributed by atoms with van der Waals surface area (Å²) in [6, 6.07) is 12.4. The Labute approximate surface area is 132 Å². The van der Waals surface area contributed by atoms with Crippen LogP contribution in [0.3, 0.4) is 0 Å². The molecule has 2 aromatic rings. The van der Waals surface area contributed by atoms with Gasteiger partial charge in [-0.1, -0.05) is 12.1 Å². The Balaban J connectivity index is 0.000000422. The first-order chi connectivity index (χ1) is 10.4. The van der Waals surface area contributed by atoms with Crippen molar-refractivity contribution in [2.75, 3.05) is 0 Å². The summed E-state index contributed by atoms with van der Waals surface area (Å²) in [5, 5.41) is 0. The minimum Gasteiger partial charge on any atom is -0.205 e. The van der Waals surface area contributed by atoms with Crippen LogP contribution in [0.25, 0.3) is 0 Å². The Kier molecular flexibility index (Phi) is 8.57. The molecule has 6 nitrogen and oxygen atoms in total. The van der Waals surface area contributed by atoms with E-state index >= 15 is 0 Å². The Morgan fingerprint density at radius 3 is 1.27 bits per heavy atom. The number of hydrogen-bond donors (Lipinski definition) is 3. The molecular weight excluding hydrogens is 308 g/mol. The molecule has 122 valence electrons. The van der Waals surface area contributed by atoms with E-state index in [1.165, 1.54) is 19.3 Å². The van der Waals surface area contributed by atoms with Gasteiger partial charge in [0.05, 0.1) is 0 Å². The molecule has 0 aliphatic carbocycles. The molecule has 2 aromatic heterocycles. The zero-order chi connectivity index (χ0) is 16.3. The molecule has 2 heterocycles. The van der Waals surface area contributed by atoms with Crippen LogP contribution in [0.5, 0.6) is 0 Å². The van der Waals surface area contributed by atoms with Gasteiger partial charge in [-0.05, 0) is 6.42 Å². The summed E-state index contributed by atoms with van der Waals surface area (Å²) in [6.07, 6.45) is 12.3. The Hall–Kier alpha value is -1.57. The number of aryl methyl sites for hydroxylation is 2. The molecule has 0 saturated carbocycles. The van der Waals surface area contributed by atoms with Crippen LogP contribution >= 0.6 is 0 Å². The van der Waals surface area contributed by atoms with Gasteiger partial charge in [-0.3, -0.25) is 0 Å². The van der Waals surface area contributed by atoms with E-state index < -0.39 is 10.2 Å². The van der Waals surface area contributed by atoms with Gasteiger partial charge in [0.2, 0.25) is 0 Å². The molecule has 0 fully saturated rings. The molecule has 0 bridgehead atoms. The molecule has 0 aliphatic heterocycles. The zero-order valence-electron chi connectivity index (χ0n) is 12.3. The number of halogens is 1. The fourth-order valence-corrected chi connectivity index (χ4v) is 1.93. The molecule has 0 spiro atoms. The molecule has 0 aliphatic rings. The summed E-state index contributed by atoms with van der Waals surface area (Å²) in [4.78, 5) is 0. The maximum Gasteiger partial charge on any atom is 0.168 e. The van der Waals surface area contributed by atoms with Gasteiger partial charge in [-0.15, -0.1) is 0 Å². The van der Waals surface area contributed by atoms with Crippen LogP contribution in [0, 0.1) is 10.2 Å². The average Bonchev–Trinajstić information content (AvgIpc) is 2.47. The third kappa shape index (κ3) is 11.1. The molecule has 0 aromatic carbocycles. The van der Waals surface area contributed by atoms with Gasteiger partial charge in [-0.25, -0.2) is 9.13 Å². The first kappa shape index (κ1) is 18.5. The number of hydrogen-bond acceptors (Lipinski definition) is 4. The van der Waals surface area contributed by atoms with E-state index in [-0.39, 0.29) is 0 Å². The van der Waals surface area contributed by atoms with E-state index in [0.717, 1.165) is 13.1 Å². The second kappa shape index (κ2) is 10.2. The summed E-state index contributed by atoms with van der Waals surface area (Å²) in [5.41, 5.74) is 0. The van der Waals surface area contributed by atoms with Crippen molar-refractivity contribution < 1.29 is 38.0 Å². The fraction of sp³-hybridized carbons (Fsp3) is 0.333. The van der Waals surface area contributed by atoms with E-state index in [4.69, 9.17) is 18.6 Å². The standard InChI is InChI=1S/C15H20N2.ClH3O4/c1-4-10-16(11-5-1)14-8-3-9-15-17-12-6-2-7-13-17;2-1(3,4)5/h1-2,4-7,10-13H,3,8-9,14-15H2;2-4H/q+2;. The van der Waals surface area contributed by atoms with Crippen LogP contribution in [0.15, 0.2) is 61.2 Å². The molecule has 0 amide bonds. The number of pyridine rings is 2. The van der Waals surface area contributed by atoms with Crippen LogP contribution in [-0.2, 0) is 13.1 Å². The fourth-order valence-electron chi connectivity index (χ4n) is 1.93. The molecule has 0 atom stereocenters. The molecule has 22 heavy (non-hydrogen) atoms. The van der Waals surface area contributed by atoms with Crippen molar-refractivity contribution in [3.63, 3.8) is 0 Å². The molecule has 0 saturated heterocycles. The predicted octanol–water partition coefficient (Wildman–Crippen LogP) is -0.728.